The normalized spacial score (nSPS) is 21.2. The molecule has 6 heteroatoms. The van der Waals surface area contributed by atoms with E-state index >= 15 is 0 Å². The van der Waals surface area contributed by atoms with E-state index in [4.69, 9.17) is 14.2 Å². The van der Waals surface area contributed by atoms with Crippen LogP contribution in [0.2, 0.25) is 0 Å². The van der Waals surface area contributed by atoms with Crippen molar-refractivity contribution in [2.45, 2.75) is 19.5 Å². The fourth-order valence-electron chi connectivity index (χ4n) is 2.61. The average Bonchev–Trinajstić information content (AvgIpc) is 2.63. The first-order valence-electron chi connectivity index (χ1n) is 7.32. The van der Waals surface area contributed by atoms with Gasteiger partial charge < -0.3 is 19.1 Å². The van der Waals surface area contributed by atoms with E-state index in [2.05, 4.69) is 0 Å². The van der Waals surface area contributed by atoms with Crippen molar-refractivity contribution >= 4 is 11.9 Å². The number of ether oxygens (including phenoxy) is 3. The molecule has 2 heterocycles. The molecule has 0 unspecified atom stereocenters. The monoisotopic (exact) mass is 305 g/mol. The van der Waals surface area contributed by atoms with E-state index in [1.807, 2.05) is 17.9 Å². The van der Waals surface area contributed by atoms with Crippen LogP contribution in [-0.4, -0.2) is 49.7 Å². The number of benzene rings is 1. The van der Waals surface area contributed by atoms with Crippen LogP contribution in [0.5, 0.6) is 5.75 Å². The van der Waals surface area contributed by atoms with Crippen LogP contribution in [0.4, 0.5) is 0 Å². The summed E-state index contributed by atoms with van der Waals surface area (Å²) in [6, 6.07) is 5.16. The molecule has 6 nitrogen and oxygen atoms in total. The summed E-state index contributed by atoms with van der Waals surface area (Å²) in [5.74, 6) is 0.295. The maximum absolute atomic E-state index is 12.5. The number of hydrogen-bond donors (Lipinski definition) is 0. The van der Waals surface area contributed by atoms with E-state index in [1.54, 1.807) is 12.1 Å². The molecule has 2 aliphatic rings. The molecule has 0 radical (unpaired) electrons. The van der Waals surface area contributed by atoms with Gasteiger partial charge in [0.1, 0.15) is 12.4 Å². The lowest BCUT2D eigenvalue weighted by Gasteiger charge is -2.33. The van der Waals surface area contributed by atoms with Crippen molar-refractivity contribution in [3.05, 3.63) is 29.3 Å². The van der Waals surface area contributed by atoms with Gasteiger partial charge in [0.05, 0.1) is 37.8 Å². The van der Waals surface area contributed by atoms with E-state index in [0.717, 1.165) is 5.56 Å². The zero-order valence-corrected chi connectivity index (χ0v) is 12.7. The lowest BCUT2D eigenvalue weighted by Crippen LogP contribution is -2.48. The van der Waals surface area contributed by atoms with Crippen molar-refractivity contribution in [2.75, 3.05) is 26.9 Å². The zero-order chi connectivity index (χ0) is 15.7. The van der Waals surface area contributed by atoms with Crippen LogP contribution in [0.3, 0.4) is 0 Å². The molecule has 3 rings (SSSR count). The molecular formula is C16H19NO5. The number of amides is 1. The van der Waals surface area contributed by atoms with Gasteiger partial charge in [-0.25, -0.2) is 4.79 Å². The summed E-state index contributed by atoms with van der Waals surface area (Å²) in [6.07, 6.45) is 0. The Morgan fingerprint density at radius 2 is 2.05 bits per heavy atom. The molecule has 1 aromatic carbocycles. The number of methoxy groups -OCH3 is 1. The van der Waals surface area contributed by atoms with Crippen LogP contribution < -0.4 is 4.74 Å². The van der Waals surface area contributed by atoms with Gasteiger partial charge in [-0.1, -0.05) is 6.07 Å². The first-order chi connectivity index (χ1) is 10.6. The Bertz CT molecular complexity index is 596. The molecule has 118 valence electrons. The Morgan fingerprint density at radius 1 is 1.27 bits per heavy atom. The van der Waals surface area contributed by atoms with Gasteiger partial charge >= 0.3 is 5.97 Å². The Kier molecular flexibility index (Phi) is 4.02. The summed E-state index contributed by atoms with van der Waals surface area (Å²) in [5.41, 5.74) is 1.34. The third-order valence-electron chi connectivity index (χ3n) is 4.11. The van der Waals surface area contributed by atoms with Crippen molar-refractivity contribution in [3.63, 3.8) is 0 Å². The Balaban J connectivity index is 1.84. The van der Waals surface area contributed by atoms with Gasteiger partial charge in [-0.3, -0.25) is 4.79 Å². The lowest BCUT2D eigenvalue weighted by molar-refractivity contribution is -0.153. The van der Waals surface area contributed by atoms with Crippen LogP contribution in [-0.2, 0) is 20.8 Å². The smallest absolute Gasteiger partial charge is 0.337 e. The Hall–Kier alpha value is -2.08. The molecule has 1 saturated heterocycles. The minimum absolute atomic E-state index is 0.0259. The quantitative estimate of drug-likeness (QED) is 0.769. The van der Waals surface area contributed by atoms with Crippen LogP contribution in [0, 0.1) is 5.92 Å². The molecule has 1 atom stereocenters. The van der Waals surface area contributed by atoms with Crippen molar-refractivity contribution in [3.8, 4) is 5.75 Å². The minimum atomic E-state index is -0.400. The highest BCUT2D eigenvalue weighted by molar-refractivity contribution is 5.90. The summed E-state index contributed by atoms with van der Waals surface area (Å²) in [7, 11) is 1.35. The molecule has 0 aromatic heterocycles. The molecule has 0 N–H and O–H groups in total. The lowest BCUT2D eigenvalue weighted by atomic mass is 10.0. The topological polar surface area (TPSA) is 65.1 Å². The van der Waals surface area contributed by atoms with E-state index in [9.17, 15) is 9.59 Å². The van der Waals surface area contributed by atoms with Gasteiger partial charge in [0, 0.05) is 12.1 Å². The molecule has 1 aromatic rings. The number of carbonyl (C=O) groups excluding carboxylic acids is 2. The standard InChI is InChI=1S/C16H19NO5/c1-10-7-22-14-5-11(16(19)20-2)3-4-12(14)6-17(10)15(18)13-8-21-9-13/h3-5,10,13H,6-9H2,1-2H3/t10-/m0/s1. The van der Waals surface area contributed by atoms with Gasteiger partial charge in [0.25, 0.3) is 0 Å². The minimum Gasteiger partial charge on any atom is -0.491 e. The van der Waals surface area contributed by atoms with Gasteiger partial charge in [0.15, 0.2) is 0 Å². The zero-order valence-electron chi connectivity index (χ0n) is 12.7. The summed E-state index contributed by atoms with van der Waals surface area (Å²) >= 11 is 0. The third kappa shape index (κ3) is 2.66. The number of hydrogen-bond acceptors (Lipinski definition) is 5. The van der Waals surface area contributed by atoms with Crippen molar-refractivity contribution in [1.82, 2.24) is 4.90 Å². The van der Waals surface area contributed by atoms with Gasteiger partial charge in [-0.2, -0.15) is 0 Å². The maximum atomic E-state index is 12.5. The van der Waals surface area contributed by atoms with Crippen LogP contribution in [0.1, 0.15) is 22.8 Å². The van der Waals surface area contributed by atoms with Gasteiger partial charge in [0.2, 0.25) is 5.91 Å². The second-order valence-corrected chi connectivity index (χ2v) is 5.67. The molecular weight excluding hydrogens is 286 g/mol. The first-order valence-corrected chi connectivity index (χ1v) is 7.32. The molecule has 0 saturated carbocycles. The van der Waals surface area contributed by atoms with E-state index in [-0.39, 0.29) is 17.9 Å². The van der Waals surface area contributed by atoms with E-state index in [1.165, 1.54) is 7.11 Å². The molecule has 0 spiro atoms. The predicted molar refractivity (Wildman–Crippen MR) is 77.6 cm³/mol. The van der Waals surface area contributed by atoms with Crippen LogP contribution >= 0.6 is 0 Å². The van der Waals surface area contributed by atoms with Crippen molar-refractivity contribution in [1.29, 1.82) is 0 Å². The SMILES string of the molecule is COC(=O)c1ccc2c(c1)OC[C@H](C)N(C(=O)C1COC1)C2. The molecule has 1 fully saturated rings. The Labute approximate surface area is 128 Å². The van der Waals surface area contributed by atoms with E-state index in [0.29, 0.717) is 37.7 Å². The van der Waals surface area contributed by atoms with Crippen molar-refractivity contribution < 1.29 is 23.8 Å². The van der Waals surface area contributed by atoms with Crippen LogP contribution in [0.15, 0.2) is 18.2 Å². The van der Waals surface area contributed by atoms with E-state index < -0.39 is 5.97 Å². The Morgan fingerprint density at radius 3 is 2.68 bits per heavy atom. The molecule has 0 aliphatic carbocycles. The van der Waals surface area contributed by atoms with Gasteiger partial charge in [-0.15, -0.1) is 0 Å². The average molecular weight is 305 g/mol. The largest absolute Gasteiger partial charge is 0.491 e. The summed E-state index contributed by atoms with van der Waals surface area (Å²) < 4.78 is 15.6. The number of fused-ring (bicyclic) bond motifs is 1. The second kappa shape index (κ2) is 5.96. The van der Waals surface area contributed by atoms with Crippen molar-refractivity contribution in [2.24, 2.45) is 5.92 Å². The number of nitrogens with zero attached hydrogens (tertiary/aromatic N) is 1. The van der Waals surface area contributed by atoms with Crippen LogP contribution in [0.25, 0.3) is 0 Å². The number of rotatable bonds is 2. The molecule has 2 aliphatic heterocycles. The number of carbonyl (C=O) groups is 2. The predicted octanol–water partition coefficient (Wildman–Crippen LogP) is 1.23. The summed E-state index contributed by atoms with van der Waals surface area (Å²) in [4.78, 5) is 25.9. The first kappa shape index (κ1) is 14.8. The highest BCUT2D eigenvalue weighted by atomic mass is 16.5. The summed E-state index contributed by atoms with van der Waals surface area (Å²) in [5, 5.41) is 0. The van der Waals surface area contributed by atoms with Gasteiger partial charge in [-0.05, 0) is 19.1 Å². The third-order valence-corrected chi connectivity index (χ3v) is 4.11. The fraction of sp³-hybridized carbons (Fsp3) is 0.500. The summed E-state index contributed by atoms with van der Waals surface area (Å²) in [6.45, 7) is 3.84. The molecule has 0 bridgehead atoms. The highest BCUT2D eigenvalue weighted by Crippen LogP contribution is 2.28. The molecule has 1 amide bonds. The maximum Gasteiger partial charge on any atom is 0.337 e. The highest BCUT2D eigenvalue weighted by Gasteiger charge is 2.34. The fourth-order valence-corrected chi connectivity index (χ4v) is 2.61. The molecule has 22 heavy (non-hydrogen) atoms. The second-order valence-electron chi connectivity index (χ2n) is 5.67. The number of esters is 1.